The second kappa shape index (κ2) is 5.24. The third kappa shape index (κ3) is 2.35. The van der Waals surface area contributed by atoms with Gasteiger partial charge in [0.05, 0.1) is 10.4 Å². The van der Waals surface area contributed by atoms with Crippen molar-refractivity contribution in [3.63, 3.8) is 0 Å². The molecule has 0 bridgehead atoms. The molecule has 1 aliphatic heterocycles. The number of nitrogens with zero attached hydrogens (tertiary/aromatic N) is 1. The summed E-state index contributed by atoms with van der Waals surface area (Å²) < 4.78 is 0. The molecule has 2 unspecified atom stereocenters. The molecular formula is C11H13ClN2O3S. The molecule has 7 heteroatoms. The summed E-state index contributed by atoms with van der Waals surface area (Å²) in [6.07, 6.45) is 2.23. The van der Waals surface area contributed by atoms with Crippen molar-refractivity contribution in [1.29, 1.82) is 0 Å². The molecule has 1 aromatic rings. The molecule has 18 heavy (non-hydrogen) atoms. The van der Waals surface area contributed by atoms with E-state index in [-0.39, 0.29) is 11.3 Å². The van der Waals surface area contributed by atoms with Crippen molar-refractivity contribution < 1.29 is 14.7 Å². The molecule has 0 radical (unpaired) electrons. The number of halogens is 1. The Hall–Kier alpha value is -1.14. The van der Waals surface area contributed by atoms with Gasteiger partial charge in [0.1, 0.15) is 11.7 Å². The SMILES string of the molecule is CCC1SCC(C(=O)O)N1C(=O)c1cc(Cl)c[nH]1. The summed E-state index contributed by atoms with van der Waals surface area (Å²) in [7, 11) is 0. The van der Waals surface area contributed by atoms with Gasteiger partial charge in [0.15, 0.2) is 0 Å². The van der Waals surface area contributed by atoms with E-state index in [2.05, 4.69) is 4.98 Å². The number of nitrogens with one attached hydrogen (secondary N) is 1. The van der Waals surface area contributed by atoms with Gasteiger partial charge in [-0.15, -0.1) is 11.8 Å². The van der Waals surface area contributed by atoms with Crippen molar-refractivity contribution in [2.75, 3.05) is 5.75 Å². The van der Waals surface area contributed by atoms with Gasteiger partial charge in [0.25, 0.3) is 5.91 Å². The minimum Gasteiger partial charge on any atom is -0.480 e. The van der Waals surface area contributed by atoms with E-state index >= 15 is 0 Å². The molecule has 0 aliphatic carbocycles. The zero-order valence-electron chi connectivity index (χ0n) is 9.72. The monoisotopic (exact) mass is 288 g/mol. The van der Waals surface area contributed by atoms with Gasteiger partial charge in [-0.2, -0.15) is 0 Å². The Kier molecular flexibility index (Phi) is 3.87. The Morgan fingerprint density at radius 2 is 2.39 bits per heavy atom. The number of carboxylic acid groups (broad SMARTS) is 1. The quantitative estimate of drug-likeness (QED) is 0.893. The van der Waals surface area contributed by atoms with E-state index < -0.39 is 12.0 Å². The van der Waals surface area contributed by atoms with Gasteiger partial charge >= 0.3 is 5.97 Å². The van der Waals surface area contributed by atoms with Crippen molar-refractivity contribution >= 4 is 35.2 Å². The highest BCUT2D eigenvalue weighted by atomic mass is 35.5. The van der Waals surface area contributed by atoms with Crippen molar-refractivity contribution in [3.05, 3.63) is 23.0 Å². The summed E-state index contributed by atoms with van der Waals surface area (Å²) in [5, 5.41) is 9.49. The Balaban J connectivity index is 2.27. The van der Waals surface area contributed by atoms with Gasteiger partial charge in [0, 0.05) is 11.9 Å². The molecule has 1 fully saturated rings. The van der Waals surface area contributed by atoms with Gasteiger partial charge in [-0.05, 0) is 12.5 Å². The Morgan fingerprint density at radius 1 is 1.67 bits per heavy atom. The minimum atomic E-state index is -0.968. The zero-order valence-corrected chi connectivity index (χ0v) is 11.3. The van der Waals surface area contributed by atoms with Crippen LogP contribution in [0, 0.1) is 0 Å². The highest BCUT2D eigenvalue weighted by Crippen LogP contribution is 2.32. The molecule has 1 aromatic heterocycles. The average molecular weight is 289 g/mol. The lowest BCUT2D eigenvalue weighted by Crippen LogP contribution is -2.45. The second-order valence-electron chi connectivity index (χ2n) is 3.99. The molecule has 5 nitrogen and oxygen atoms in total. The van der Waals surface area contributed by atoms with Crippen LogP contribution in [-0.4, -0.2) is 44.0 Å². The second-order valence-corrected chi connectivity index (χ2v) is 5.64. The number of hydrogen-bond donors (Lipinski definition) is 2. The third-order valence-corrected chi connectivity index (χ3v) is 4.51. The first kappa shape index (κ1) is 13.3. The lowest BCUT2D eigenvalue weighted by Gasteiger charge is -2.26. The fourth-order valence-electron chi connectivity index (χ4n) is 1.97. The van der Waals surface area contributed by atoms with Crippen LogP contribution in [0.15, 0.2) is 12.3 Å². The van der Waals surface area contributed by atoms with E-state index in [0.29, 0.717) is 22.9 Å². The number of hydrogen-bond acceptors (Lipinski definition) is 3. The molecule has 1 amide bonds. The highest BCUT2D eigenvalue weighted by molar-refractivity contribution is 8.00. The minimum absolute atomic E-state index is 0.0966. The molecule has 0 aromatic carbocycles. The van der Waals surface area contributed by atoms with E-state index in [1.807, 2.05) is 6.92 Å². The number of carbonyl (C=O) groups excluding carboxylic acids is 1. The predicted octanol–water partition coefficient (Wildman–Crippen LogP) is 2.05. The fraction of sp³-hybridized carbons (Fsp3) is 0.455. The predicted molar refractivity (Wildman–Crippen MR) is 69.9 cm³/mol. The van der Waals surface area contributed by atoms with Crippen LogP contribution in [-0.2, 0) is 4.79 Å². The van der Waals surface area contributed by atoms with E-state index in [1.165, 1.54) is 28.9 Å². The number of thioether (sulfide) groups is 1. The van der Waals surface area contributed by atoms with E-state index in [9.17, 15) is 9.59 Å². The summed E-state index contributed by atoms with van der Waals surface area (Å²) in [6, 6.07) is 0.743. The van der Waals surface area contributed by atoms with Crippen LogP contribution >= 0.6 is 23.4 Å². The van der Waals surface area contributed by atoms with Gasteiger partial charge in [-0.3, -0.25) is 4.79 Å². The largest absolute Gasteiger partial charge is 0.480 e. The molecule has 98 valence electrons. The van der Waals surface area contributed by atoms with Crippen molar-refractivity contribution in [2.45, 2.75) is 24.8 Å². The lowest BCUT2D eigenvalue weighted by atomic mass is 10.2. The van der Waals surface area contributed by atoms with E-state index in [1.54, 1.807) is 0 Å². The topological polar surface area (TPSA) is 73.4 Å². The van der Waals surface area contributed by atoms with Crippen LogP contribution < -0.4 is 0 Å². The van der Waals surface area contributed by atoms with Crippen LogP contribution in [0.4, 0.5) is 0 Å². The molecule has 1 saturated heterocycles. The highest BCUT2D eigenvalue weighted by Gasteiger charge is 2.41. The third-order valence-electron chi connectivity index (χ3n) is 2.84. The molecule has 2 rings (SSSR count). The summed E-state index contributed by atoms with van der Waals surface area (Å²) in [5.41, 5.74) is 0.326. The van der Waals surface area contributed by atoms with Crippen LogP contribution in [0.3, 0.4) is 0 Å². The molecule has 1 aliphatic rings. The van der Waals surface area contributed by atoms with E-state index in [0.717, 1.165) is 0 Å². The molecule has 2 atom stereocenters. The molecular weight excluding hydrogens is 276 g/mol. The van der Waals surface area contributed by atoms with Crippen LogP contribution in [0.1, 0.15) is 23.8 Å². The Morgan fingerprint density at radius 3 is 2.89 bits per heavy atom. The number of amides is 1. The smallest absolute Gasteiger partial charge is 0.327 e. The van der Waals surface area contributed by atoms with Crippen LogP contribution in [0.5, 0.6) is 0 Å². The standard InChI is InChI=1S/C11H13ClN2O3S/c1-2-9-14(8(5-18-9)11(16)17)10(15)7-3-6(12)4-13-7/h3-4,8-9,13H,2,5H2,1H3,(H,16,17). The number of rotatable bonds is 3. The van der Waals surface area contributed by atoms with Gasteiger partial charge in [-0.25, -0.2) is 4.79 Å². The van der Waals surface area contributed by atoms with Crippen molar-refractivity contribution in [3.8, 4) is 0 Å². The number of carbonyl (C=O) groups is 2. The van der Waals surface area contributed by atoms with Crippen LogP contribution in [0.25, 0.3) is 0 Å². The Labute approximate surface area is 113 Å². The fourth-order valence-corrected chi connectivity index (χ4v) is 3.48. The molecule has 0 saturated carbocycles. The van der Waals surface area contributed by atoms with Gasteiger partial charge in [-0.1, -0.05) is 18.5 Å². The van der Waals surface area contributed by atoms with Crippen LogP contribution in [0.2, 0.25) is 5.02 Å². The first-order valence-corrected chi connectivity index (χ1v) is 6.98. The lowest BCUT2D eigenvalue weighted by molar-refractivity contribution is -0.141. The average Bonchev–Trinajstić information content (AvgIpc) is 2.93. The number of aromatic amines is 1. The number of H-pyrrole nitrogens is 1. The molecule has 2 N–H and O–H groups in total. The van der Waals surface area contributed by atoms with Crippen molar-refractivity contribution in [1.82, 2.24) is 9.88 Å². The first-order valence-electron chi connectivity index (χ1n) is 5.55. The summed E-state index contributed by atoms with van der Waals surface area (Å²) in [4.78, 5) is 27.7. The van der Waals surface area contributed by atoms with Gasteiger partial charge in [0.2, 0.25) is 0 Å². The number of carboxylic acids is 1. The summed E-state index contributed by atoms with van der Waals surface area (Å²) in [5.74, 6) is -0.857. The zero-order chi connectivity index (χ0) is 13.3. The van der Waals surface area contributed by atoms with Crippen molar-refractivity contribution in [2.24, 2.45) is 0 Å². The number of aromatic nitrogens is 1. The maximum Gasteiger partial charge on any atom is 0.327 e. The van der Waals surface area contributed by atoms with Gasteiger partial charge < -0.3 is 15.0 Å². The molecule has 2 heterocycles. The maximum absolute atomic E-state index is 12.3. The van der Waals surface area contributed by atoms with E-state index in [4.69, 9.17) is 16.7 Å². The molecule has 0 spiro atoms. The normalized spacial score (nSPS) is 23.3. The summed E-state index contributed by atoms with van der Waals surface area (Å²) >= 11 is 7.25. The Bertz CT molecular complexity index is 477. The number of aliphatic carboxylic acids is 1. The summed E-state index contributed by atoms with van der Waals surface area (Å²) in [6.45, 7) is 1.93. The maximum atomic E-state index is 12.3. The first-order chi connectivity index (χ1) is 8.54.